The maximum Gasteiger partial charge on any atom is 0.175 e. The smallest absolute Gasteiger partial charge is 0.175 e. The van der Waals surface area contributed by atoms with E-state index in [0.717, 1.165) is 12.3 Å². The van der Waals surface area contributed by atoms with Crippen LogP contribution in [0.1, 0.15) is 18.4 Å². The first kappa shape index (κ1) is 14.4. The Morgan fingerprint density at radius 3 is 2.37 bits per heavy atom. The van der Waals surface area contributed by atoms with Crippen LogP contribution in [0, 0.1) is 5.82 Å². The van der Waals surface area contributed by atoms with E-state index >= 15 is 0 Å². The molecule has 1 aliphatic heterocycles. The highest BCUT2D eigenvalue weighted by Crippen LogP contribution is 2.34. The largest absolute Gasteiger partial charge is 0.385 e. The summed E-state index contributed by atoms with van der Waals surface area (Å²) in [7, 11) is -1.53. The first-order valence-corrected chi connectivity index (χ1v) is 8.02. The standard InChI is InChI=1S/C13H18FNO3S/c1-15-5-3-13(16,4-6-15)10-7-11(14)9-12(8-10)19(2,17)18/h7-9,16H,3-6H2,1-2H3. The lowest BCUT2D eigenvalue weighted by Gasteiger charge is -2.37. The summed E-state index contributed by atoms with van der Waals surface area (Å²) in [4.78, 5) is 1.99. The van der Waals surface area contributed by atoms with Crippen LogP contribution in [0.2, 0.25) is 0 Å². The molecule has 106 valence electrons. The Kier molecular flexibility index (Phi) is 3.68. The highest BCUT2D eigenvalue weighted by atomic mass is 32.2. The summed E-state index contributed by atoms with van der Waals surface area (Å²) in [5.74, 6) is -0.634. The Labute approximate surface area is 112 Å². The number of hydrogen-bond donors (Lipinski definition) is 1. The molecule has 6 heteroatoms. The van der Waals surface area contributed by atoms with Gasteiger partial charge in [0.05, 0.1) is 10.5 Å². The van der Waals surface area contributed by atoms with Gasteiger partial charge in [0.1, 0.15) is 5.82 Å². The Bertz CT molecular complexity index is 578. The molecule has 0 amide bonds. The van der Waals surface area contributed by atoms with E-state index in [-0.39, 0.29) is 4.90 Å². The fraction of sp³-hybridized carbons (Fsp3) is 0.538. The lowest BCUT2D eigenvalue weighted by molar-refractivity contribution is -0.0207. The van der Waals surface area contributed by atoms with E-state index in [1.54, 1.807) is 0 Å². The van der Waals surface area contributed by atoms with Gasteiger partial charge in [-0.05, 0) is 43.7 Å². The summed E-state index contributed by atoms with van der Waals surface area (Å²) in [6.07, 6.45) is 1.97. The first-order valence-electron chi connectivity index (χ1n) is 6.13. The van der Waals surface area contributed by atoms with Crippen molar-refractivity contribution in [1.82, 2.24) is 4.90 Å². The molecule has 0 atom stereocenters. The van der Waals surface area contributed by atoms with Crippen molar-refractivity contribution in [3.8, 4) is 0 Å². The summed E-state index contributed by atoms with van der Waals surface area (Å²) in [5.41, 5.74) is -0.797. The zero-order valence-electron chi connectivity index (χ0n) is 11.1. The van der Waals surface area contributed by atoms with E-state index in [1.807, 2.05) is 7.05 Å². The van der Waals surface area contributed by atoms with Crippen molar-refractivity contribution >= 4 is 9.84 Å². The highest BCUT2D eigenvalue weighted by Gasteiger charge is 2.34. The van der Waals surface area contributed by atoms with E-state index in [0.29, 0.717) is 31.5 Å². The molecule has 0 spiro atoms. The molecule has 0 bridgehead atoms. The van der Waals surface area contributed by atoms with Crippen molar-refractivity contribution < 1.29 is 17.9 Å². The van der Waals surface area contributed by atoms with Crippen LogP contribution in [-0.4, -0.2) is 44.8 Å². The molecule has 0 aromatic heterocycles. The molecule has 1 aliphatic rings. The Hall–Kier alpha value is -0.980. The third kappa shape index (κ3) is 3.13. The molecule has 1 aromatic carbocycles. The summed E-state index contributed by atoms with van der Waals surface area (Å²) >= 11 is 0. The Morgan fingerprint density at radius 1 is 1.26 bits per heavy atom. The van der Waals surface area contributed by atoms with E-state index in [4.69, 9.17) is 0 Å². The fourth-order valence-electron chi connectivity index (χ4n) is 2.32. The number of halogens is 1. The minimum atomic E-state index is -3.49. The van der Waals surface area contributed by atoms with E-state index in [2.05, 4.69) is 4.90 Å². The lowest BCUT2D eigenvalue weighted by Crippen LogP contribution is -2.40. The van der Waals surface area contributed by atoms with Crippen molar-refractivity contribution in [2.45, 2.75) is 23.3 Å². The SMILES string of the molecule is CN1CCC(O)(c2cc(F)cc(S(C)(=O)=O)c2)CC1. The molecule has 0 saturated carbocycles. The Morgan fingerprint density at radius 2 is 1.84 bits per heavy atom. The van der Waals surface area contributed by atoms with E-state index < -0.39 is 21.3 Å². The second-order valence-corrected chi connectivity index (χ2v) is 7.30. The summed E-state index contributed by atoms with van der Waals surface area (Å²) in [6, 6.07) is 3.58. The van der Waals surface area contributed by atoms with E-state index in [1.165, 1.54) is 12.1 Å². The van der Waals surface area contributed by atoms with Gasteiger partial charge in [-0.25, -0.2) is 12.8 Å². The molecule has 4 nitrogen and oxygen atoms in total. The molecule has 1 aromatic rings. The summed E-state index contributed by atoms with van der Waals surface area (Å²) < 4.78 is 36.6. The first-order chi connectivity index (χ1) is 8.71. The number of hydrogen-bond acceptors (Lipinski definition) is 4. The number of piperidine rings is 1. The second-order valence-electron chi connectivity index (χ2n) is 5.28. The third-order valence-electron chi connectivity index (χ3n) is 3.65. The van der Waals surface area contributed by atoms with Crippen LogP contribution in [0.5, 0.6) is 0 Å². The number of likely N-dealkylation sites (tertiary alicyclic amines) is 1. The van der Waals surface area contributed by atoms with Crippen LogP contribution in [0.25, 0.3) is 0 Å². The molecule has 1 N–H and O–H groups in total. The van der Waals surface area contributed by atoms with Crippen LogP contribution in [0.4, 0.5) is 4.39 Å². The molecular weight excluding hydrogens is 269 g/mol. The maximum absolute atomic E-state index is 13.6. The predicted molar refractivity (Wildman–Crippen MR) is 70.1 cm³/mol. The van der Waals surface area contributed by atoms with Crippen molar-refractivity contribution in [2.24, 2.45) is 0 Å². The topological polar surface area (TPSA) is 57.6 Å². The number of nitrogens with zero attached hydrogens (tertiary/aromatic N) is 1. The average molecular weight is 287 g/mol. The zero-order chi connectivity index (χ0) is 14.3. The minimum absolute atomic E-state index is 0.0881. The van der Waals surface area contributed by atoms with Gasteiger partial charge < -0.3 is 10.0 Å². The Balaban J connectivity index is 2.43. The van der Waals surface area contributed by atoms with Crippen LogP contribution in [-0.2, 0) is 15.4 Å². The van der Waals surface area contributed by atoms with Crippen LogP contribution in [0.15, 0.2) is 23.1 Å². The monoisotopic (exact) mass is 287 g/mol. The molecule has 19 heavy (non-hydrogen) atoms. The third-order valence-corrected chi connectivity index (χ3v) is 4.74. The van der Waals surface area contributed by atoms with Gasteiger partial charge >= 0.3 is 0 Å². The molecule has 0 unspecified atom stereocenters. The van der Waals surface area contributed by atoms with E-state index in [9.17, 15) is 17.9 Å². The summed E-state index contributed by atoms with van der Waals surface area (Å²) in [6.45, 7) is 1.39. The van der Waals surface area contributed by atoms with Gasteiger partial charge in [0.25, 0.3) is 0 Å². The van der Waals surface area contributed by atoms with Crippen molar-refractivity contribution in [3.05, 3.63) is 29.6 Å². The zero-order valence-corrected chi connectivity index (χ0v) is 11.9. The molecular formula is C13H18FNO3S. The normalized spacial score (nSPS) is 20.4. The highest BCUT2D eigenvalue weighted by molar-refractivity contribution is 7.90. The predicted octanol–water partition coefficient (Wildman–Crippen LogP) is 1.14. The van der Waals surface area contributed by atoms with Gasteiger partial charge in [0, 0.05) is 19.3 Å². The molecule has 1 fully saturated rings. The number of sulfone groups is 1. The molecule has 1 saturated heterocycles. The minimum Gasteiger partial charge on any atom is -0.385 e. The molecule has 0 radical (unpaired) electrons. The molecule has 2 rings (SSSR count). The van der Waals surface area contributed by atoms with Gasteiger partial charge in [-0.2, -0.15) is 0 Å². The quantitative estimate of drug-likeness (QED) is 0.886. The fourth-order valence-corrected chi connectivity index (χ4v) is 2.99. The van der Waals surface area contributed by atoms with Crippen LogP contribution >= 0.6 is 0 Å². The maximum atomic E-state index is 13.6. The lowest BCUT2D eigenvalue weighted by atomic mass is 9.84. The number of benzene rings is 1. The van der Waals surface area contributed by atoms with Crippen LogP contribution < -0.4 is 0 Å². The molecule has 0 aliphatic carbocycles. The molecule has 1 heterocycles. The number of rotatable bonds is 2. The second kappa shape index (κ2) is 4.85. The van der Waals surface area contributed by atoms with Crippen LogP contribution in [0.3, 0.4) is 0 Å². The average Bonchev–Trinajstić information content (AvgIpc) is 2.31. The van der Waals surface area contributed by atoms with Crippen molar-refractivity contribution in [1.29, 1.82) is 0 Å². The van der Waals surface area contributed by atoms with Crippen molar-refractivity contribution in [3.63, 3.8) is 0 Å². The number of aliphatic hydroxyl groups is 1. The van der Waals surface area contributed by atoms with Gasteiger partial charge in [-0.1, -0.05) is 0 Å². The van der Waals surface area contributed by atoms with Gasteiger partial charge in [0.2, 0.25) is 0 Å². The van der Waals surface area contributed by atoms with Crippen molar-refractivity contribution in [2.75, 3.05) is 26.4 Å². The van der Waals surface area contributed by atoms with Gasteiger partial charge in [0.15, 0.2) is 9.84 Å². The summed E-state index contributed by atoms with van der Waals surface area (Å²) in [5, 5.41) is 10.6. The van der Waals surface area contributed by atoms with Gasteiger partial charge in [-0.15, -0.1) is 0 Å². The van der Waals surface area contributed by atoms with Gasteiger partial charge in [-0.3, -0.25) is 0 Å².